The minimum absolute atomic E-state index is 0.0412. The van der Waals surface area contributed by atoms with Gasteiger partial charge in [-0.25, -0.2) is 0 Å². The second-order valence-electron chi connectivity index (χ2n) is 4.91. The van der Waals surface area contributed by atoms with Gasteiger partial charge in [-0.15, -0.1) is 13.2 Å². The molecule has 2 aromatic carbocycles. The Morgan fingerprint density at radius 1 is 0.727 bits per heavy atom. The predicted molar refractivity (Wildman–Crippen MR) is 85.5 cm³/mol. The van der Waals surface area contributed by atoms with Gasteiger partial charge in [-0.1, -0.05) is 24.3 Å². The average Bonchev–Trinajstić information content (AvgIpc) is 2.54. The van der Waals surface area contributed by atoms with Crippen LogP contribution in [0.3, 0.4) is 0 Å². The summed E-state index contributed by atoms with van der Waals surface area (Å²) in [5.74, 6) is -0.0823. The first-order valence-corrected chi connectivity index (χ1v) is 6.75. The molecule has 4 heteroatoms. The van der Waals surface area contributed by atoms with Gasteiger partial charge in [0.2, 0.25) is 0 Å². The van der Waals surface area contributed by atoms with E-state index in [1.165, 1.54) is 24.3 Å². The van der Waals surface area contributed by atoms with Crippen molar-refractivity contribution in [3.8, 4) is 22.6 Å². The third-order valence-electron chi connectivity index (χ3n) is 3.46. The van der Waals surface area contributed by atoms with Crippen LogP contribution in [0, 0.1) is 0 Å². The van der Waals surface area contributed by atoms with E-state index in [1.54, 1.807) is 24.3 Å². The monoisotopic (exact) mass is 298 g/mol. The molecule has 0 amide bonds. The second-order valence-corrected chi connectivity index (χ2v) is 4.91. The van der Waals surface area contributed by atoms with Crippen molar-refractivity contribution in [2.75, 3.05) is 0 Å². The molecular formula is C18H18O4. The minimum atomic E-state index is -0.872. The molecule has 0 aliphatic carbocycles. The Morgan fingerprint density at radius 3 is 1.41 bits per heavy atom. The molecule has 0 spiro atoms. The molecule has 0 fully saturated rings. The van der Waals surface area contributed by atoms with Gasteiger partial charge in [0.25, 0.3) is 0 Å². The number of rotatable bonds is 5. The topological polar surface area (TPSA) is 80.9 Å². The van der Waals surface area contributed by atoms with Crippen molar-refractivity contribution >= 4 is 0 Å². The lowest BCUT2D eigenvalue weighted by atomic mass is 9.96. The Bertz CT molecular complexity index is 645. The summed E-state index contributed by atoms with van der Waals surface area (Å²) in [7, 11) is 0. The number of phenolic OH excluding ortho intramolecular Hbond substituents is 2. The van der Waals surface area contributed by atoms with Crippen LogP contribution in [0.1, 0.15) is 23.3 Å². The maximum absolute atomic E-state index is 10.1. The lowest BCUT2D eigenvalue weighted by Crippen LogP contribution is -1.95. The molecule has 4 N–H and O–H groups in total. The van der Waals surface area contributed by atoms with Crippen LogP contribution in [0.4, 0.5) is 0 Å². The Labute approximate surface area is 128 Å². The van der Waals surface area contributed by atoms with Gasteiger partial charge in [-0.3, -0.25) is 0 Å². The molecule has 4 nitrogen and oxygen atoms in total. The zero-order valence-corrected chi connectivity index (χ0v) is 12.0. The fourth-order valence-corrected chi connectivity index (χ4v) is 2.18. The van der Waals surface area contributed by atoms with Gasteiger partial charge in [0.05, 0.1) is 12.2 Å². The quantitative estimate of drug-likeness (QED) is 0.639. The van der Waals surface area contributed by atoms with Gasteiger partial charge in [-0.05, 0) is 35.4 Å². The van der Waals surface area contributed by atoms with Crippen molar-refractivity contribution in [1.29, 1.82) is 0 Å². The van der Waals surface area contributed by atoms with Gasteiger partial charge in [-0.2, -0.15) is 0 Å². The van der Waals surface area contributed by atoms with E-state index in [-0.39, 0.29) is 11.5 Å². The third kappa shape index (κ3) is 3.03. The summed E-state index contributed by atoms with van der Waals surface area (Å²) in [6.45, 7) is 7.04. The van der Waals surface area contributed by atoms with Crippen LogP contribution < -0.4 is 0 Å². The molecule has 2 aromatic rings. The van der Waals surface area contributed by atoms with Crippen molar-refractivity contribution in [2.45, 2.75) is 12.2 Å². The molecule has 0 aliphatic heterocycles. The van der Waals surface area contributed by atoms with E-state index in [0.29, 0.717) is 22.3 Å². The Balaban J connectivity index is 2.60. The molecule has 0 radical (unpaired) electrons. The molecule has 0 aromatic heterocycles. The summed E-state index contributed by atoms with van der Waals surface area (Å²) in [6, 6.07) is 9.16. The molecule has 0 aliphatic rings. The zero-order valence-electron chi connectivity index (χ0n) is 12.0. The van der Waals surface area contributed by atoms with Gasteiger partial charge >= 0.3 is 0 Å². The highest BCUT2D eigenvalue weighted by atomic mass is 16.3. The highest BCUT2D eigenvalue weighted by Gasteiger charge is 2.14. The number of benzene rings is 2. The van der Waals surface area contributed by atoms with Crippen LogP contribution in [0.5, 0.6) is 11.5 Å². The average molecular weight is 298 g/mol. The summed E-state index contributed by atoms with van der Waals surface area (Å²) in [4.78, 5) is 0. The largest absolute Gasteiger partial charge is 0.507 e. The molecule has 0 heterocycles. The SMILES string of the molecule is C=CC(O)c1ccc(O)c(-c2cc(C(O)C=C)ccc2O)c1. The van der Waals surface area contributed by atoms with Crippen LogP contribution in [0.2, 0.25) is 0 Å². The Kier molecular flexibility index (Phi) is 4.65. The van der Waals surface area contributed by atoms with Crippen molar-refractivity contribution in [3.05, 3.63) is 72.8 Å². The molecule has 0 saturated carbocycles. The van der Waals surface area contributed by atoms with Crippen LogP contribution in [-0.4, -0.2) is 20.4 Å². The minimum Gasteiger partial charge on any atom is -0.507 e. The van der Waals surface area contributed by atoms with E-state index in [4.69, 9.17) is 0 Å². The van der Waals surface area contributed by atoms with Gasteiger partial charge in [0, 0.05) is 11.1 Å². The maximum Gasteiger partial charge on any atom is 0.123 e. The first kappa shape index (κ1) is 15.8. The highest BCUT2D eigenvalue weighted by molar-refractivity contribution is 5.76. The molecule has 2 unspecified atom stereocenters. The molecule has 22 heavy (non-hydrogen) atoms. The smallest absolute Gasteiger partial charge is 0.123 e. The number of hydrogen-bond acceptors (Lipinski definition) is 4. The van der Waals surface area contributed by atoms with Crippen molar-refractivity contribution in [3.63, 3.8) is 0 Å². The predicted octanol–water partition coefficient (Wildman–Crippen LogP) is 3.20. The van der Waals surface area contributed by atoms with E-state index in [1.807, 2.05) is 0 Å². The lowest BCUT2D eigenvalue weighted by molar-refractivity contribution is 0.228. The number of hydrogen-bond donors (Lipinski definition) is 4. The van der Waals surface area contributed by atoms with E-state index < -0.39 is 12.2 Å². The third-order valence-corrected chi connectivity index (χ3v) is 3.46. The molecule has 2 atom stereocenters. The molecule has 0 bridgehead atoms. The standard InChI is InChI=1S/C18H18O4/c1-3-15(19)11-5-7-17(21)13(9-11)14-10-12(16(20)4-2)6-8-18(14)22/h3-10,15-16,19-22H,1-2H2. The van der Waals surface area contributed by atoms with Gasteiger partial charge < -0.3 is 20.4 Å². The van der Waals surface area contributed by atoms with E-state index >= 15 is 0 Å². The van der Waals surface area contributed by atoms with E-state index in [0.717, 1.165) is 0 Å². The molecule has 0 saturated heterocycles. The lowest BCUT2D eigenvalue weighted by Gasteiger charge is -2.14. The molecule has 114 valence electrons. The number of aliphatic hydroxyl groups excluding tert-OH is 2. The van der Waals surface area contributed by atoms with Crippen LogP contribution in [0.15, 0.2) is 61.7 Å². The van der Waals surface area contributed by atoms with E-state index in [9.17, 15) is 20.4 Å². The molecule has 2 rings (SSSR count). The van der Waals surface area contributed by atoms with Crippen molar-refractivity contribution in [2.24, 2.45) is 0 Å². The number of phenols is 2. The Morgan fingerprint density at radius 2 is 1.09 bits per heavy atom. The van der Waals surface area contributed by atoms with Gasteiger partial charge in [0.1, 0.15) is 11.5 Å². The van der Waals surface area contributed by atoms with Gasteiger partial charge in [0.15, 0.2) is 0 Å². The second kappa shape index (κ2) is 6.47. The summed E-state index contributed by atoms with van der Waals surface area (Å²) in [5.41, 5.74) is 1.79. The number of aliphatic hydroxyl groups is 2. The van der Waals surface area contributed by atoms with Crippen LogP contribution >= 0.6 is 0 Å². The summed E-state index contributed by atoms with van der Waals surface area (Å²) in [5, 5.41) is 39.8. The van der Waals surface area contributed by atoms with Crippen molar-refractivity contribution in [1.82, 2.24) is 0 Å². The first-order chi connectivity index (χ1) is 10.5. The summed E-state index contributed by atoms with van der Waals surface area (Å²) in [6.07, 6.45) is 0.994. The number of aromatic hydroxyl groups is 2. The maximum atomic E-state index is 10.1. The normalized spacial score (nSPS) is 13.4. The summed E-state index contributed by atoms with van der Waals surface area (Å²) < 4.78 is 0. The van der Waals surface area contributed by atoms with Crippen molar-refractivity contribution < 1.29 is 20.4 Å². The zero-order chi connectivity index (χ0) is 16.3. The first-order valence-electron chi connectivity index (χ1n) is 6.75. The summed E-state index contributed by atoms with van der Waals surface area (Å²) >= 11 is 0. The van der Waals surface area contributed by atoms with Crippen LogP contribution in [-0.2, 0) is 0 Å². The molecular weight excluding hydrogens is 280 g/mol. The fraction of sp³-hybridized carbons (Fsp3) is 0.111. The fourth-order valence-electron chi connectivity index (χ4n) is 2.18. The highest BCUT2D eigenvalue weighted by Crippen LogP contribution is 2.38. The Hall–Kier alpha value is -2.56. The van der Waals surface area contributed by atoms with E-state index in [2.05, 4.69) is 13.2 Å². The van der Waals surface area contributed by atoms with Crippen LogP contribution in [0.25, 0.3) is 11.1 Å².